The van der Waals surface area contributed by atoms with Gasteiger partial charge in [0.2, 0.25) is 0 Å². The van der Waals surface area contributed by atoms with E-state index in [1.54, 1.807) is 13.2 Å². The van der Waals surface area contributed by atoms with Crippen molar-refractivity contribution >= 4 is 11.7 Å². The number of anilines is 1. The van der Waals surface area contributed by atoms with E-state index < -0.39 is 5.97 Å². The van der Waals surface area contributed by atoms with Crippen LogP contribution in [0.25, 0.3) is 0 Å². The molecule has 4 nitrogen and oxygen atoms in total. The standard InChI is InChI=1S/C24H21NO3/c1-28-17-7-4-6-15(11-17)23-20-12-14-5-2-3-8-18(14)22(20)19-13-16(24(26)27)9-10-21(19)25-23/h2-11,13,20,22-23,25H,12H2,1H3,(H,26,27)/t20-,22+,23-/m0/s1. The van der Waals surface area contributed by atoms with Crippen molar-refractivity contribution in [3.63, 3.8) is 0 Å². The number of benzene rings is 3. The monoisotopic (exact) mass is 371 g/mol. The van der Waals surface area contributed by atoms with Crippen LogP contribution >= 0.6 is 0 Å². The average molecular weight is 371 g/mol. The summed E-state index contributed by atoms with van der Waals surface area (Å²) in [6.07, 6.45) is 0.965. The van der Waals surface area contributed by atoms with Gasteiger partial charge < -0.3 is 15.2 Å². The van der Waals surface area contributed by atoms with Gasteiger partial charge in [0.1, 0.15) is 5.75 Å². The third kappa shape index (κ3) is 2.56. The number of aromatic carboxylic acids is 1. The highest BCUT2D eigenvalue weighted by atomic mass is 16.5. The molecule has 2 N–H and O–H groups in total. The van der Waals surface area contributed by atoms with Crippen LogP contribution in [0.1, 0.15) is 44.6 Å². The Morgan fingerprint density at radius 3 is 2.71 bits per heavy atom. The van der Waals surface area contributed by atoms with Gasteiger partial charge >= 0.3 is 5.97 Å². The Morgan fingerprint density at radius 1 is 1.04 bits per heavy atom. The minimum absolute atomic E-state index is 0.135. The number of carboxylic acids is 1. The topological polar surface area (TPSA) is 58.6 Å². The first-order valence-electron chi connectivity index (χ1n) is 9.51. The normalized spacial score (nSPS) is 21.8. The number of rotatable bonds is 3. The van der Waals surface area contributed by atoms with Crippen LogP contribution in [0.4, 0.5) is 5.69 Å². The molecule has 5 rings (SSSR count). The molecular formula is C24H21NO3. The largest absolute Gasteiger partial charge is 0.497 e. The molecule has 0 spiro atoms. The fourth-order valence-electron chi connectivity index (χ4n) is 4.86. The number of carbonyl (C=O) groups is 1. The summed E-state index contributed by atoms with van der Waals surface area (Å²) < 4.78 is 5.44. The second-order valence-electron chi connectivity index (χ2n) is 7.55. The summed E-state index contributed by atoms with van der Waals surface area (Å²) in [5.74, 6) is 0.461. The van der Waals surface area contributed by atoms with E-state index in [9.17, 15) is 9.90 Å². The van der Waals surface area contributed by atoms with Gasteiger partial charge in [0.25, 0.3) is 0 Å². The van der Waals surface area contributed by atoms with E-state index in [0.717, 1.165) is 23.4 Å². The number of hydrogen-bond acceptors (Lipinski definition) is 3. The maximum Gasteiger partial charge on any atom is 0.335 e. The Bertz CT molecular complexity index is 1070. The predicted molar refractivity (Wildman–Crippen MR) is 108 cm³/mol. The Labute approximate surface area is 163 Å². The lowest BCUT2D eigenvalue weighted by Crippen LogP contribution is -2.30. The lowest BCUT2D eigenvalue weighted by molar-refractivity contribution is 0.0696. The zero-order valence-electron chi connectivity index (χ0n) is 15.6. The summed E-state index contributed by atoms with van der Waals surface area (Å²) in [5.41, 5.74) is 6.27. The number of methoxy groups -OCH3 is 1. The zero-order valence-corrected chi connectivity index (χ0v) is 15.6. The first kappa shape index (κ1) is 16.9. The summed E-state index contributed by atoms with van der Waals surface area (Å²) in [7, 11) is 1.68. The van der Waals surface area contributed by atoms with E-state index in [-0.39, 0.29) is 12.0 Å². The molecule has 0 saturated carbocycles. The summed E-state index contributed by atoms with van der Waals surface area (Å²) in [5, 5.41) is 13.2. The SMILES string of the molecule is COc1cccc([C@@H]2Nc3ccc(C(=O)O)cc3[C@H]3c4ccccc4C[C@@H]32)c1. The molecule has 0 radical (unpaired) electrons. The molecule has 3 atom stereocenters. The van der Waals surface area contributed by atoms with Crippen LogP contribution in [0.2, 0.25) is 0 Å². The number of carboxylic acid groups (broad SMARTS) is 1. The Kier molecular flexibility index (Phi) is 3.86. The van der Waals surface area contributed by atoms with Gasteiger partial charge in [-0.15, -0.1) is 0 Å². The molecule has 140 valence electrons. The van der Waals surface area contributed by atoms with Crippen molar-refractivity contribution in [3.05, 3.63) is 94.5 Å². The highest BCUT2D eigenvalue weighted by Gasteiger charge is 2.43. The van der Waals surface area contributed by atoms with Crippen LogP contribution in [-0.2, 0) is 6.42 Å². The van der Waals surface area contributed by atoms with Crippen molar-refractivity contribution < 1.29 is 14.6 Å². The Hall–Kier alpha value is -3.27. The van der Waals surface area contributed by atoms with E-state index in [1.807, 2.05) is 24.3 Å². The number of hydrogen-bond donors (Lipinski definition) is 2. The van der Waals surface area contributed by atoms with E-state index in [0.29, 0.717) is 11.5 Å². The molecule has 0 amide bonds. The Morgan fingerprint density at radius 2 is 1.89 bits per heavy atom. The smallest absolute Gasteiger partial charge is 0.335 e. The molecule has 3 aromatic carbocycles. The molecule has 2 aliphatic rings. The molecule has 0 aromatic heterocycles. The maximum atomic E-state index is 11.5. The van der Waals surface area contributed by atoms with Gasteiger partial charge in [-0.2, -0.15) is 0 Å². The molecule has 0 fully saturated rings. The minimum Gasteiger partial charge on any atom is -0.497 e. The lowest BCUT2D eigenvalue weighted by Gasteiger charge is -2.38. The van der Waals surface area contributed by atoms with Crippen molar-refractivity contribution in [3.8, 4) is 5.75 Å². The van der Waals surface area contributed by atoms with Gasteiger partial charge in [-0.1, -0.05) is 36.4 Å². The summed E-state index contributed by atoms with van der Waals surface area (Å²) in [4.78, 5) is 11.5. The minimum atomic E-state index is -0.888. The van der Waals surface area contributed by atoms with E-state index in [2.05, 4.69) is 41.7 Å². The summed E-state index contributed by atoms with van der Waals surface area (Å²) >= 11 is 0. The molecule has 1 aliphatic heterocycles. The predicted octanol–water partition coefficient (Wildman–Crippen LogP) is 4.86. The highest BCUT2D eigenvalue weighted by Crippen LogP contribution is 2.54. The van der Waals surface area contributed by atoms with Crippen LogP contribution in [0, 0.1) is 5.92 Å². The summed E-state index contributed by atoms with van der Waals surface area (Å²) in [6.45, 7) is 0. The van der Waals surface area contributed by atoms with Gasteiger partial charge in [0.15, 0.2) is 0 Å². The lowest BCUT2D eigenvalue weighted by atomic mass is 9.75. The molecule has 4 heteroatoms. The molecule has 0 bridgehead atoms. The van der Waals surface area contributed by atoms with E-state index in [4.69, 9.17) is 4.74 Å². The van der Waals surface area contributed by atoms with Crippen molar-refractivity contribution in [2.24, 2.45) is 5.92 Å². The van der Waals surface area contributed by atoms with Crippen LogP contribution in [0.15, 0.2) is 66.7 Å². The zero-order chi connectivity index (χ0) is 19.3. The second-order valence-corrected chi connectivity index (χ2v) is 7.55. The molecule has 0 saturated heterocycles. The Balaban J connectivity index is 1.67. The summed E-state index contributed by atoms with van der Waals surface area (Å²) in [6, 6.07) is 22.3. The molecule has 28 heavy (non-hydrogen) atoms. The number of nitrogens with one attached hydrogen (secondary N) is 1. The fourth-order valence-corrected chi connectivity index (χ4v) is 4.86. The van der Waals surface area contributed by atoms with Crippen molar-refractivity contribution in [1.82, 2.24) is 0 Å². The number of ether oxygens (including phenoxy) is 1. The van der Waals surface area contributed by atoms with E-state index >= 15 is 0 Å². The van der Waals surface area contributed by atoms with Crippen LogP contribution in [-0.4, -0.2) is 18.2 Å². The van der Waals surface area contributed by atoms with Crippen molar-refractivity contribution in [2.75, 3.05) is 12.4 Å². The second kappa shape index (κ2) is 6.41. The van der Waals surface area contributed by atoms with Gasteiger partial charge in [-0.05, 0) is 64.9 Å². The van der Waals surface area contributed by atoms with Crippen LogP contribution in [0.3, 0.4) is 0 Å². The molecular weight excluding hydrogens is 350 g/mol. The molecule has 1 heterocycles. The number of fused-ring (bicyclic) bond motifs is 5. The van der Waals surface area contributed by atoms with Crippen LogP contribution in [0.5, 0.6) is 5.75 Å². The van der Waals surface area contributed by atoms with Crippen molar-refractivity contribution in [2.45, 2.75) is 18.4 Å². The fraction of sp³-hybridized carbons (Fsp3) is 0.208. The molecule has 3 aromatic rings. The quantitative estimate of drug-likeness (QED) is 0.690. The maximum absolute atomic E-state index is 11.5. The van der Waals surface area contributed by atoms with Crippen LogP contribution < -0.4 is 10.1 Å². The highest BCUT2D eigenvalue weighted by molar-refractivity contribution is 5.89. The van der Waals surface area contributed by atoms with Gasteiger partial charge in [-0.3, -0.25) is 0 Å². The first-order chi connectivity index (χ1) is 13.7. The average Bonchev–Trinajstić information content (AvgIpc) is 3.12. The van der Waals surface area contributed by atoms with Gasteiger partial charge in [0.05, 0.1) is 18.7 Å². The van der Waals surface area contributed by atoms with Gasteiger partial charge in [0, 0.05) is 11.6 Å². The first-order valence-corrected chi connectivity index (χ1v) is 9.51. The van der Waals surface area contributed by atoms with Gasteiger partial charge in [-0.25, -0.2) is 4.79 Å². The third-order valence-electron chi connectivity index (χ3n) is 6.10. The molecule has 0 unspecified atom stereocenters. The molecule has 1 aliphatic carbocycles. The van der Waals surface area contributed by atoms with Crippen molar-refractivity contribution in [1.29, 1.82) is 0 Å². The van der Waals surface area contributed by atoms with E-state index in [1.165, 1.54) is 16.7 Å². The third-order valence-corrected chi connectivity index (χ3v) is 6.10.